The first-order valence-electron chi connectivity index (χ1n) is 7.70. The third kappa shape index (κ3) is 2.91. The number of pyridine rings is 1. The third-order valence-corrected chi connectivity index (χ3v) is 4.38. The smallest absolute Gasteiger partial charge is 0.323 e. The largest absolute Gasteiger partial charge is 0.325 e. The van der Waals surface area contributed by atoms with E-state index in [4.69, 9.17) is 11.6 Å². The molecule has 0 aliphatic carbocycles. The molecule has 6 nitrogen and oxygen atoms in total. The number of imidazole rings is 1. The molecular formula is C16H19ClN4O2. The third-order valence-electron chi connectivity index (χ3n) is 4.16. The highest BCUT2D eigenvalue weighted by Gasteiger charge is 2.47. The molecule has 3 heterocycles. The van der Waals surface area contributed by atoms with E-state index in [0.717, 1.165) is 18.5 Å². The quantitative estimate of drug-likeness (QED) is 0.855. The Morgan fingerprint density at radius 2 is 2.09 bits per heavy atom. The van der Waals surface area contributed by atoms with Crippen LogP contribution in [0.25, 0.3) is 5.65 Å². The van der Waals surface area contributed by atoms with E-state index in [0.29, 0.717) is 17.1 Å². The van der Waals surface area contributed by atoms with Gasteiger partial charge in [0.2, 0.25) is 0 Å². The van der Waals surface area contributed by atoms with Crippen molar-refractivity contribution in [2.45, 2.75) is 45.2 Å². The van der Waals surface area contributed by atoms with Gasteiger partial charge in [0, 0.05) is 12.4 Å². The zero-order valence-corrected chi connectivity index (χ0v) is 13.9. The highest BCUT2D eigenvalue weighted by Crippen LogP contribution is 2.25. The van der Waals surface area contributed by atoms with Gasteiger partial charge in [-0.3, -0.25) is 9.69 Å². The molecule has 1 fully saturated rings. The molecular weight excluding hydrogens is 316 g/mol. The number of hydrogen-bond acceptors (Lipinski definition) is 3. The van der Waals surface area contributed by atoms with Crippen molar-refractivity contribution in [3.05, 3.63) is 35.2 Å². The molecule has 3 rings (SSSR count). The predicted octanol–water partition coefficient (Wildman–Crippen LogP) is 2.99. The summed E-state index contributed by atoms with van der Waals surface area (Å²) in [5, 5.41) is 3.41. The van der Waals surface area contributed by atoms with Gasteiger partial charge in [-0.2, -0.15) is 0 Å². The van der Waals surface area contributed by atoms with Gasteiger partial charge >= 0.3 is 6.03 Å². The van der Waals surface area contributed by atoms with E-state index in [1.165, 1.54) is 4.90 Å². The second kappa shape index (κ2) is 5.85. The summed E-state index contributed by atoms with van der Waals surface area (Å²) in [6, 6.07) is 3.19. The molecule has 0 bridgehead atoms. The SMILES string of the molecule is CCCC[C@@]1(C)NC(=O)N(Cc2cn3cc(Cl)ccc3n2)C1=O. The monoisotopic (exact) mass is 334 g/mol. The van der Waals surface area contributed by atoms with Gasteiger partial charge in [-0.15, -0.1) is 0 Å². The fourth-order valence-corrected chi connectivity index (χ4v) is 3.01. The van der Waals surface area contributed by atoms with Gasteiger partial charge < -0.3 is 9.72 Å². The Morgan fingerprint density at radius 3 is 2.83 bits per heavy atom. The molecule has 0 unspecified atom stereocenters. The van der Waals surface area contributed by atoms with E-state index >= 15 is 0 Å². The molecule has 122 valence electrons. The molecule has 2 aromatic heterocycles. The summed E-state index contributed by atoms with van der Waals surface area (Å²) in [5.74, 6) is -0.189. The average Bonchev–Trinajstić information content (AvgIpc) is 2.99. The van der Waals surface area contributed by atoms with E-state index in [9.17, 15) is 9.59 Å². The number of aromatic nitrogens is 2. The van der Waals surface area contributed by atoms with Crippen LogP contribution in [0.5, 0.6) is 0 Å². The Bertz CT molecular complexity index is 773. The molecule has 0 radical (unpaired) electrons. The molecule has 23 heavy (non-hydrogen) atoms. The van der Waals surface area contributed by atoms with Crippen molar-refractivity contribution in [1.29, 1.82) is 0 Å². The van der Waals surface area contributed by atoms with Crippen LogP contribution in [0.1, 0.15) is 38.8 Å². The van der Waals surface area contributed by atoms with Gasteiger partial charge in [-0.1, -0.05) is 31.4 Å². The lowest BCUT2D eigenvalue weighted by atomic mass is 9.95. The summed E-state index contributed by atoms with van der Waals surface area (Å²) in [6.07, 6.45) is 6.04. The van der Waals surface area contributed by atoms with Crippen molar-refractivity contribution >= 4 is 29.2 Å². The highest BCUT2D eigenvalue weighted by molar-refractivity contribution is 6.30. The lowest BCUT2D eigenvalue weighted by molar-refractivity contribution is -0.131. The van der Waals surface area contributed by atoms with Crippen LogP contribution in [-0.4, -0.2) is 31.8 Å². The maximum Gasteiger partial charge on any atom is 0.325 e. The number of rotatable bonds is 5. The molecule has 1 aliphatic heterocycles. The zero-order valence-electron chi connectivity index (χ0n) is 13.2. The van der Waals surface area contributed by atoms with E-state index in [1.54, 1.807) is 35.9 Å². The van der Waals surface area contributed by atoms with Crippen molar-refractivity contribution < 1.29 is 9.59 Å². The fourth-order valence-electron chi connectivity index (χ4n) is 2.85. The van der Waals surface area contributed by atoms with Crippen molar-refractivity contribution in [2.24, 2.45) is 0 Å². The van der Waals surface area contributed by atoms with E-state index < -0.39 is 5.54 Å². The van der Waals surface area contributed by atoms with Crippen LogP contribution in [-0.2, 0) is 11.3 Å². The number of nitrogens with zero attached hydrogens (tertiary/aromatic N) is 3. The van der Waals surface area contributed by atoms with E-state index in [2.05, 4.69) is 17.2 Å². The summed E-state index contributed by atoms with van der Waals surface area (Å²) < 4.78 is 1.78. The van der Waals surface area contributed by atoms with Gasteiger partial charge in [0.1, 0.15) is 11.2 Å². The Hall–Kier alpha value is -2.08. The number of fused-ring (bicyclic) bond motifs is 1. The normalized spacial score (nSPS) is 21.3. The molecule has 7 heteroatoms. The number of carbonyl (C=O) groups excluding carboxylic acids is 2. The van der Waals surface area contributed by atoms with Crippen molar-refractivity contribution in [2.75, 3.05) is 0 Å². The van der Waals surface area contributed by atoms with Crippen LogP contribution in [0, 0.1) is 0 Å². The van der Waals surface area contributed by atoms with Crippen LogP contribution >= 0.6 is 11.6 Å². The van der Waals surface area contributed by atoms with Crippen molar-refractivity contribution in [3.8, 4) is 0 Å². The second-order valence-electron chi connectivity index (χ2n) is 6.10. The summed E-state index contributed by atoms with van der Waals surface area (Å²) >= 11 is 5.95. The molecule has 0 aromatic carbocycles. The van der Waals surface area contributed by atoms with Gasteiger partial charge in [0.25, 0.3) is 5.91 Å². The molecule has 1 aliphatic rings. The Balaban J connectivity index is 1.81. The Morgan fingerprint density at radius 1 is 1.30 bits per heavy atom. The number of unbranched alkanes of at least 4 members (excludes halogenated alkanes) is 1. The summed E-state index contributed by atoms with van der Waals surface area (Å²) in [5.41, 5.74) is 0.566. The van der Waals surface area contributed by atoms with Gasteiger partial charge in [-0.25, -0.2) is 9.78 Å². The van der Waals surface area contributed by atoms with Gasteiger partial charge in [-0.05, 0) is 25.5 Å². The van der Waals surface area contributed by atoms with Crippen molar-refractivity contribution in [1.82, 2.24) is 19.6 Å². The zero-order chi connectivity index (χ0) is 16.6. The van der Waals surface area contributed by atoms with E-state index in [-0.39, 0.29) is 18.5 Å². The number of hydrogen-bond donors (Lipinski definition) is 1. The maximum atomic E-state index is 12.6. The predicted molar refractivity (Wildman–Crippen MR) is 87.2 cm³/mol. The molecule has 0 saturated carbocycles. The fraction of sp³-hybridized carbons (Fsp3) is 0.438. The minimum absolute atomic E-state index is 0.158. The summed E-state index contributed by atoms with van der Waals surface area (Å²) in [6.45, 7) is 4.00. The molecule has 1 saturated heterocycles. The summed E-state index contributed by atoms with van der Waals surface area (Å²) in [4.78, 5) is 30.4. The first kappa shape index (κ1) is 15.8. The molecule has 1 N–H and O–H groups in total. The lowest BCUT2D eigenvalue weighted by Gasteiger charge is -2.21. The van der Waals surface area contributed by atoms with Crippen LogP contribution in [0.15, 0.2) is 24.5 Å². The molecule has 2 aromatic rings. The maximum absolute atomic E-state index is 12.6. The molecule has 0 spiro atoms. The lowest BCUT2D eigenvalue weighted by Crippen LogP contribution is -2.43. The number of carbonyl (C=O) groups is 2. The Kier molecular flexibility index (Phi) is 4.02. The van der Waals surface area contributed by atoms with Gasteiger partial charge in [0.05, 0.1) is 17.3 Å². The highest BCUT2D eigenvalue weighted by atomic mass is 35.5. The number of halogens is 1. The van der Waals surface area contributed by atoms with Crippen LogP contribution in [0.3, 0.4) is 0 Å². The topological polar surface area (TPSA) is 66.7 Å². The van der Waals surface area contributed by atoms with Crippen LogP contribution < -0.4 is 5.32 Å². The second-order valence-corrected chi connectivity index (χ2v) is 6.54. The van der Waals surface area contributed by atoms with Crippen LogP contribution in [0.2, 0.25) is 5.02 Å². The molecule has 3 amide bonds. The van der Waals surface area contributed by atoms with Gasteiger partial charge in [0.15, 0.2) is 0 Å². The first-order valence-corrected chi connectivity index (χ1v) is 8.08. The van der Waals surface area contributed by atoms with Crippen LogP contribution in [0.4, 0.5) is 4.79 Å². The minimum Gasteiger partial charge on any atom is -0.323 e. The number of urea groups is 1. The average molecular weight is 335 g/mol. The number of nitrogens with one attached hydrogen (secondary N) is 1. The summed E-state index contributed by atoms with van der Waals surface area (Å²) in [7, 11) is 0. The Labute approximate surface area is 139 Å². The molecule has 1 atom stereocenters. The van der Waals surface area contributed by atoms with Crippen molar-refractivity contribution in [3.63, 3.8) is 0 Å². The standard InChI is InChI=1S/C16H19ClN4O2/c1-3-4-7-16(2)14(22)21(15(23)19-16)10-12-9-20-8-11(17)5-6-13(20)18-12/h5-6,8-9H,3-4,7,10H2,1-2H3,(H,19,23)/t16-/m1/s1. The first-order chi connectivity index (χ1) is 10.9. The minimum atomic E-state index is -0.810. The number of imide groups is 1. The number of amides is 3. The van der Waals surface area contributed by atoms with E-state index in [1.807, 2.05) is 0 Å².